The fourth-order valence-corrected chi connectivity index (χ4v) is 2.97. The predicted octanol–water partition coefficient (Wildman–Crippen LogP) is 2.50. The summed E-state index contributed by atoms with van der Waals surface area (Å²) in [5.41, 5.74) is 2.89. The van der Waals surface area contributed by atoms with Crippen LogP contribution in [-0.4, -0.2) is 37.6 Å². The Morgan fingerprint density at radius 1 is 1.26 bits per heavy atom. The summed E-state index contributed by atoms with van der Waals surface area (Å²) in [5, 5.41) is 9.45. The molecule has 1 unspecified atom stereocenters. The largest absolute Gasteiger partial charge is 0.481 e. The van der Waals surface area contributed by atoms with Crippen LogP contribution >= 0.6 is 24.0 Å². The molecule has 0 saturated heterocycles. The molecule has 0 saturated carbocycles. The van der Waals surface area contributed by atoms with E-state index in [2.05, 4.69) is 32.0 Å². The van der Waals surface area contributed by atoms with Crippen molar-refractivity contribution < 1.29 is 9.53 Å². The van der Waals surface area contributed by atoms with E-state index < -0.39 is 0 Å². The van der Waals surface area contributed by atoms with Crippen LogP contribution in [0, 0.1) is 0 Å². The fourth-order valence-electron chi connectivity index (χ4n) is 2.97. The summed E-state index contributed by atoms with van der Waals surface area (Å²) in [5.74, 6) is 1.39. The van der Waals surface area contributed by atoms with E-state index in [0.29, 0.717) is 31.3 Å². The van der Waals surface area contributed by atoms with Crippen molar-refractivity contribution in [3.63, 3.8) is 0 Å². The van der Waals surface area contributed by atoms with Crippen LogP contribution in [0.2, 0.25) is 0 Å². The lowest BCUT2D eigenvalue weighted by Crippen LogP contribution is -2.40. The average Bonchev–Trinajstić information content (AvgIpc) is 2.68. The first-order valence-corrected chi connectivity index (χ1v) is 8.53. The lowest BCUT2D eigenvalue weighted by atomic mass is 9.90. The van der Waals surface area contributed by atoms with Crippen molar-refractivity contribution in [2.45, 2.75) is 18.9 Å². The van der Waals surface area contributed by atoms with E-state index in [1.807, 2.05) is 36.4 Å². The van der Waals surface area contributed by atoms with Crippen molar-refractivity contribution in [1.29, 1.82) is 0 Å². The smallest absolute Gasteiger partial charge is 0.225 e. The first-order valence-electron chi connectivity index (χ1n) is 8.53. The molecule has 1 atom stereocenters. The maximum atomic E-state index is 11.9. The highest BCUT2D eigenvalue weighted by molar-refractivity contribution is 14.0. The molecule has 1 aliphatic heterocycles. The number of pyridine rings is 1. The molecule has 3 N–H and O–H groups in total. The van der Waals surface area contributed by atoms with Crippen molar-refractivity contribution in [1.82, 2.24) is 15.6 Å². The van der Waals surface area contributed by atoms with Gasteiger partial charge in [0.05, 0.1) is 19.3 Å². The maximum absolute atomic E-state index is 11.9. The molecule has 1 aromatic carbocycles. The highest BCUT2D eigenvalue weighted by Gasteiger charge is 2.24. The Morgan fingerprint density at radius 2 is 2.07 bits per heavy atom. The van der Waals surface area contributed by atoms with Gasteiger partial charge < -0.3 is 20.7 Å². The van der Waals surface area contributed by atoms with Crippen LogP contribution in [0.15, 0.2) is 47.5 Å². The highest BCUT2D eigenvalue weighted by Crippen LogP contribution is 2.31. The molecule has 1 aliphatic rings. The van der Waals surface area contributed by atoms with Crippen LogP contribution in [0.4, 0.5) is 5.69 Å². The molecule has 2 aromatic rings. The third-order valence-electron chi connectivity index (χ3n) is 4.27. The van der Waals surface area contributed by atoms with E-state index in [1.54, 1.807) is 14.2 Å². The molecule has 1 amide bonds. The van der Waals surface area contributed by atoms with Crippen molar-refractivity contribution in [3.8, 4) is 5.88 Å². The van der Waals surface area contributed by atoms with Gasteiger partial charge in [-0.05, 0) is 17.7 Å². The number of methoxy groups -OCH3 is 1. The molecule has 2 heterocycles. The number of benzene rings is 1. The molecule has 0 spiro atoms. The molecule has 27 heavy (non-hydrogen) atoms. The van der Waals surface area contributed by atoms with Gasteiger partial charge in [0.25, 0.3) is 0 Å². The maximum Gasteiger partial charge on any atom is 0.225 e. The minimum Gasteiger partial charge on any atom is -0.481 e. The number of aromatic nitrogens is 1. The van der Waals surface area contributed by atoms with Crippen LogP contribution in [0.1, 0.15) is 23.6 Å². The normalized spacial score (nSPS) is 15.9. The number of amides is 1. The fraction of sp³-hybridized carbons (Fsp3) is 0.316. The Labute approximate surface area is 176 Å². The number of hydrogen-bond donors (Lipinski definition) is 3. The molecule has 7 nitrogen and oxygen atoms in total. The van der Waals surface area contributed by atoms with Crippen molar-refractivity contribution in [2.24, 2.45) is 4.99 Å². The van der Waals surface area contributed by atoms with Gasteiger partial charge in [-0.25, -0.2) is 4.98 Å². The number of fused-ring (bicyclic) bond motifs is 1. The zero-order valence-corrected chi connectivity index (χ0v) is 17.7. The third-order valence-corrected chi connectivity index (χ3v) is 4.27. The number of nitrogens with one attached hydrogen (secondary N) is 3. The molecule has 0 bridgehead atoms. The van der Waals surface area contributed by atoms with E-state index in [9.17, 15) is 4.79 Å². The molecule has 144 valence electrons. The van der Waals surface area contributed by atoms with Gasteiger partial charge in [-0.3, -0.25) is 9.79 Å². The molecule has 3 rings (SSSR count). The summed E-state index contributed by atoms with van der Waals surface area (Å²) in [7, 11) is 3.31. The number of halogens is 1. The molecule has 8 heteroatoms. The Morgan fingerprint density at radius 3 is 2.85 bits per heavy atom. The average molecular weight is 481 g/mol. The molecule has 0 radical (unpaired) electrons. The summed E-state index contributed by atoms with van der Waals surface area (Å²) in [4.78, 5) is 20.5. The lowest BCUT2D eigenvalue weighted by Gasteiger charge is -2.26. The van der Waals surface area contributed by atoms with Crippen LogP contribution < -0.4 is 20.7 Å². The van der Waals surface area contributed by atoms with Crippen molar-refractivity contribution in [3.05, 3.63) is 53.7 Å². The zero-order valence-electron chi connectivity index (χ0n) is 15.4. The summed E-state index contributed by atoms with van der Waals surface area (Å²) in [6, 6.07) is 13.5. The quantitative estimate of drug-likeness (QED) is 0.347. The summed E-state index contributed by atoms with van der Waals surface area (Å²) >= 11 is 0. The lowest BCUT2D eigenvalue weighted by molar-refractivity contribution is -0.116. The number of rotatable bonds is 5. The van der Waals surface area contributed by atoms with Gasteiger partial charge in [0.15, 0.2) is 5.96 Å². The minimum absolute atomic E-state index is 0. The van der Waals surface area contributed by atoms with Crippen LogP contribution in [0.3, 0.4) is 0 Å². The van der Waals surface area contributed by atoms with Crippen LogP contribution in [0.25, 0.3) is 0 Å². The van der Waals surface area contributed by atoms with E-state index in [4.69, 9.17) is 4.74 Å². The van der Waals surface area contributed by atoms with E-state index in [-0.39, 0.29) is 35.8 Å². The number of nitrogens with zero attached hydrogens (tertiary/aromatic N) is 2. The summed E-state index contributed by atoms with van der Waals surface area (Å²) in [6.07, 6.45) is 0.457. The number of guanidine groups is 1. The second-order valence-corrected chi connectivity index (χ2v) is 6.01. The van der Waals surface area contributed by atoms with Gasteiger partial charge in [-0.1, -0.05) is 24.3 Å². The number of aliphatic imine (C=N–C) groups is 1. The minimum atomic E-state index is 0. The molecule has 0 aliphatic carbocycles. The highest BCUT2D eigenvalue weighted by atomic mass is 127. The van der Waals surface area contributed by atoms with Crippen LogP contribution in [-0.2, 0) is 11.3 Å². The van der Waals surface area contributed by atoms with Gasteiger partial charge in [0, 0.05) is 37.7 Å². The Balaban J connectivity index is 0.00000261. The van der Waals surface area contributed by atoms with Gasteiger partial charge in [0.1, 0.15) is 0 Å². The van der Waals surface area contributed by atoms with Gasteiger partial charge in [-0.15, -0.1) is 24.0 Å². The number of carbonyl (C=O) groups excluding carboxylic acids is 1. The Hall–Kier alpha value is -2.36. The van der Waals surface area contributed by atoms with Gasteiger partial charge >= 0.3 is 0 Å². The first-order chi connectivity index (χ1) is 12.7. The summed E-state index contributed by atoms with van der Waals surface area (Å²) in [6.45, 7) is 1.15. The van der Waals surface area contributed by atoms with Gasteiger partial charge in [-0.2, -0.15) is 0 Å². The standard InChI is InChI=1S/C19H23N5O2.HI/c1-20-19(22-12-14-6-5-9-18(23-14)26-2)21-11-13-10-17(25)24-16-8-4-3-7-15(13)16;/h3-9,13H,10-12H2,1-2H3,(H,24,25)(H2,20,21,22);1H. The van der Waals surface area contributed by atoms with Crippen molar-refractivity contribution in [2.75, 3.05) is 26.0 Å². The zero-order chi connectivity index (χ0) is 18.4. The van der Waals surface area contributed by atoms with Gasteiger partial charge in [0.2, 0.25) is 11.8 Å². The number of hydrogen-bond acceptors (Lipinski definition) is 4. The molecule has 0 fully saturated rings. The molecular weight excluding hydrogens is 457 g/mol. The van der Waals surface area contributed by atoms with Crippen LogP contribution in [0.5, 0.6) is 5.88 Å². The second kappa shape index (κ2) is 10.1. The number of carbonyl (C=O) groups is 1. The third kappa shape index (κ3) is 5.56. The topological polar surface area (TPSA) is 87.6 Å². The van der Waals surface area contributed by atoms with E-state index in [1.165, 1.54) is 0 Å². The Kier molecular flexibility index (Phi) is 7.83. The Bertz CT molecular complexity index is 812. The SMILES string of the molecule is CN=C(NCc1cccc(OC)n1)NCC1CC(=O)Nc2ccccc21.I. The monoisotopic (exact) mass is 481 g/mol. The number of ether oxygens (including phenoxy) is 1. The number of para-hydroxylation sites is 1. The van der Waals surface area contributed by atoms with E-state index >= 15 is 0 Å². The number of anilines is 1. The predicted molar refractivity (Wildman–Crippen MR) is 117 cm³/mol. The van der Waals surface area contributed by atoms with Crippen molar-refractivity contribution >= 4 is 41.5 Å². The second-order valence-electron chi connectivity index (χ2n) is 6.01. The summed E-state index contributed by atoms with van der Waals surface area (Å²) < 4.78 is 5.14. The molecular formula is C19H24IN5O2. The molecule has 1 aromatic heterocycles. The van der Waals surface area contributed by atoms with E-state index in [0.717, 1.165) is 16.9 Å². The first kappa shape index (κ1) is 20.9.